The number of amides is 2. The van der Waals surface area contributed by atoms with Crippen molar-refractivity contribution < 1.29 is 19.4 Å². The molecule has 1 rings (SSSR count). The lowest BCUT2D eigenvalue weighted by Crippen LogP contribution is -2.37. The van der Waals surface area contributed by atoms with Gasteiger partial charge >= 0.3 is 12.0 Å². The Morgan fingerprint density at radius 2 is 2.26 bits per heavy atom. The average molecular weight is 271 g/mol. The predicted molar refractivity (Wildman–Crippen MR) is 64.4 cm³/mol. The van der Waals surface area contributed by atoms with E-state index in [0.717, 1.165) is 0 Å². The van der Waals surface area contributed by atoms with Gasteiger partial charge in [-0.1, -0.05) is 5.21 Å². The first-order valence-electron chi connectivity index (χ1n) is 5.82. The van der Waals surface area contributed by atoms with E-state index in [-0.39, 0.29) is 19.1 Å². The third-order valence-electron chi connectivity index (χ3n) is 2.05. The van der Waals surface area contributed by atoms with Gasteiger partial charge in [-0.15, -0.1) is 5.10 Å². The molecule has 0 radical (unpaired) electrons. The second-order valence-electron chi connectivity index (χ2n) is 3.61. The number of urea groups is 1. The van der Waals surface area contributed by atoms with Crippen molar-refractivity contribution in [2.45, 2.75) is 20.0 Å². The Morgan fingerprint density at radius 1 is 1.47 bits per heavy atom. The van der Waals surface area contributed by atoms with E-state index >= 15 is 0 Å². The lowest BCUT2D eigenvalue weighted by molar-refractivity contribution is -0.137. The van der Waals surface area contributed by atoms with Crippen LogP contribution in [0, 0.1) is 0 Å². The van der Waals surface area contributed by atoms with Crippen LogP contribution in [0.2, 0.25) is 0 Å². The smallest absolute Gasteiger partial charge is 0.325 e. The third-order valence-corrected chi connectivity index (χ3v) is 2.05. The first kappa shape index (κ1) is 14.9. The number of nitrogens with zero attached hydrogens (tertiary/aromatic N) is 3. The largest absolute Gasteiger partial charge is 0.480 e. The zero-order valence-corrected chi connectivity index (χ0v) is 10.6. The molecule has 19 heavy (non-hydrogen) atoms. The van der Waals surface area contributed by atoms with Crippen LogP contribution in [-0.2, 0) is 22.6 Å². The lowest BCUT2D eigenvalue weighted by Gasteiger charge is -2.05. The van der Waals surface area contributed by atoms with E-state index in [9.17, 15) is 9.59 Å². The fraction of sp³-hybridized carbons (Fsp3) is 0.600. The van der Waals surface area contributed by atoms with Crippen LogP contribution < -0.4 is 10.6 Å². The topological polar surface area (TPSA) is 118 Å². The van der Waals surface area contributed by atoms with Crippen molar-refractivity contribution in [3.63, 3.8) is 0 Å². The molecule has 0 aliphatic rings. The van der Waals surface area contributed by atoms with Crippen LogP contribution in [0.4, 0.5) is 4.79 Å². The van der Waals surface area contributed by atoms with Gasteiger partial charge in [-0.3, -0.25) is 4.79 Å². The van der Waals surface area contributed by atoms with Crippen LogP contribution in [0.15, 0.2) is 6.20 Å². The maximum Gasteiger partial charge on any atom is 0.325 e. The zero-order chi connectivity index (χ0) is 14.1. The van der Waals surface area contributed by atoms with Crippen LogP contribution >= 0.6 is 0 Å². The SMILES string of the molecule is CCOCCNC(=O)NCc1cn(CC(=O)O)nn1. The molecule has 0 atom stereocenters. The van der Waals surface area contributed by atoms with Gasteiger partial charge in [0.1, 0.15) is 12.2 Å². The van der Waals surface area contributed by atoms with Gasteiger partial charge in [0.2, 0.25) is 0 Å². The number of rotatable bonds is 8. The van der Waals surface area contributed by atoms with Crippen LogP contribution in [0.25, 0.3) is 0 Å². The Labute approximate surface area is 109 Å². The van der Waals surface area contributed by atoms with Crippen molar-refractivity contribution in [1.29, 1.82) is 0 Å². The third kappa shape index (κ3) is 6.36. The predicted octanol–water partition coefficient (Wildman–Crippen LogP) is -0.802. The fourth-order valence-electron chi connectivity index (χ4n) is 1.25. The monoisotopic (exact) mass is 271 g/mol. The van der Waals surface area contributed by atoms with Crippen molar-refractivity contribution >= 4 is 12.0 Å². The molecule has 0 saturated carbocycles. The van der Waals surface area contributed by atoms with Gasteiger partial charge in [-0.25, -0.2) is 9.48 Å². The number of carboxylic acid groups (broad SMARTS) is 1. The summed E-state index contributed by atoms with van der Waals surface area (Å²) >= 11 is 0. The van der Waals surface area contributed by atoms with Gasteiger partial charge in [-0.05, 0) is 6.92 Å². The van der Waals surface area contributed by atoms with E-state index in [1.165, 1.54) is 10.9 Å². The molecule has 106 valence electrons. The summed E-state index contributed by atoms with van der Waals surface area (Å²) in [7, 11) is 0. The number of nitrogens with one attached hydrogen (secondary N) is 2. The Kier molecular flexibility index (Phi) is 6.30. The summed E-state index contributed by atoms with van der Waals surface area (Å²) < 4.78 is 6.25. The van der Waals surface area contributed by atoms with E-state index in [2.05, 4.69) is 20.9 Å². The molecule has 0 fully saturated rings. The van der Waals surface area contributed by atoms with E-state index in [1.807, 2.05) is 6.92 Å². The molecule has 1 aromatic heterocycles. The van der Waals surface area contributed by atoms with E-state index in [1.54, 1.807) is 0 Å². The number of carboxylic acids is 1. The highest BCUT2D eigenvalue weighted by atomic mass is 16.5. The molecule has 0 aromatic carbocycles. The number of hydrogen-bond donors (Lipinski definition) is 3. The molecule has 0 bridgehead atoms. The zero-order valence-electron chi connectivity index (χ0n) is 10.6. The second-order valence-corrected chi connectivity index (χ2v) is 3.61. The number of carbonyl (C=O) groups is 2. The molecular formula is C10H17N5O4. The second kappa shape index (κ2) is 8.03. The van der Waals surface area contributed by atoms with Crippen molar-refractivity contribution in [2.75, 3.05) is 19.8 Å². The summed E-state index contributed by atoms with van der Waals surface area (Å²) in [5.41, 5.74) is 0.487. The summed E-state index contributed by atoms with van der Waals surface area (Å²) in [4.78, 5) is 21.8. The van der Waals surface area contributed by atoms with Crippen LogP contribution in [0.5, 0.6) is 0 Å². The molecule has 0 saturated heterocycles. The summed E-state index contributed by atoms with van der Waals surface area (Å²) in [5.74, 6) is -1.00. The molecule has 3 N–H and O–H groups in total. The first-order chi connectivity index (χ1) is 9.11. The average Bonchev–Trinajstić information content (AvgIpc) is 2.79. The molecule has 0 spiro atoms. The van der Waals surface area contributed by atoms with E-state index in [4.69, 9.17) is 9.84 Å². The molecule has 1 heterocycles. The van der Waals surface area contributed by atoms with Crippen LogP contribution in [-0.4, -0.2) is 51.9 Å². The maximum absolute atomic E-state index is 11.3. The molecular weight excluding hydrogens is 254 g/mol. The van der Waals surface area contributed by atoms with Gasteiger partial charge in [0.25, 0.3) is 0 Å². The molecule has 0 aliphatic heterocycles. The van der Waals surface area contributed by atoms with E-state index < -0.39 is 5.97 Å². The number of carbonyl (C=O) groups excluding carboxylic acids is 1. The Hall–Kier alpha value is -2.16. The van der Waals surface area contributed by atoms with E-state index in [0.29, 0.717) is 25.5 Å². The quantitative estimate of drug-likeness (QED) is 0.533. The van der Waals surface area contributed by atoms with Gasteiger partial charge in [0, 0.05) is 13.2 Å². The van der Waals surface area contributed by atoms with Gasteiger partial charge in [0.15, 0.2) is 0 Å². The Balaban J connectivity index is 2.22. The minimum absolute atomic E-state index is 0.181. The van der Waals surface area contributed by atoms with Crippen LogP contribution in [0.3, 0.4) is 0 Å². The normalized spacial score (nSPS) is 10.2. The summed E-state index contributed by atoms with van der Waals surface area (Å²) in [6, 6.07) is -0.340. The highest BCUT2D eigenvalue weighted by Gasteiger charge is 2.05. The fourth-order valence-corrected chi connectivity index (χ4v) is 1.25. The summed E-state index contributed by atoms with van der Waals surface area (Å²) in [6.07, 6.45) is 1.47. The molecule has 9 nitrogen and oxygen atoms in total. The first-order valence-corrected chi connectivity index (χ1v) is 5.82. The van der Waals surface area contributed by atoms with Crippen molar-refractivity contribution in [3.05, 3.63) is 11.9 Å². The molecule has 0 aliphatic carbocycles. The van der Waals surface area contributed by atoms with Crippen molar-refractivity contribution in [2.24, 2.45) is 0 Å². The number of aromatic nitrogens is 3. The number of hydrogen-bond acceptors (Lipinski definition) is 5. The molecule has 1 aromatic rings. The number of ether oxygens (including phenoxy) is 1. The van der Waals surface area contributed by atoms with Crippen LogP contribution in [0.1, 0.15) is 12.6 Å². The highest BCUT2D eigenvalue weighted by Crippen LogP contribution is 1.92. The molecule has 2 amide bonds. The lowest BCUT2D eigenvalue weighted by atomic mass is 10.5. The summed E-state index contributed by atoms with van der Waals surface area (Å²) in [5, 5.41) is 21.1. The highest BCUT2D eigenvalue weighted by molar-refractivity contribution is 5.73. The minimum Gasteiger partial charge on any atom is -0.480 e. The minimum atomic E-state index is -1.00. The summed E-state index contributed by atoms with van der Waals surface area (Å²) in [6.45, 7) is 3.29. The maximum atomic E-state index is 11.3. The van der Waals surface area contributed by atoms with Gasteiger partial charge < -0.3 is 20.5 Å². The van der Waals surface area contributed by atoms with Crippen molar-refractivity contribution in [3.8, 4) is 0 Å². The number of aliphatic carboxylic acids is 1. The Bertz CT molecular complexity index is 420. The standard InChI is InChI=1S/C10H17N5O4/c1-2-19-4-3-11-10(18)12-5-8-6-15(14-13-8)7-9(16)17/h6H,2-5,7H2,1H3,(H,16,17)(H2,11,12,18). The van der Waals surface area contributed by atoms with Gasteiger partial charge in [0.05, 0.1) is 19.3 Å². The van der Waals surface area contributed by atoms with Crippen molar-refractivity contribution in [1.82, 2.24) is 25.6 Å². The Morgan fingerprint density at radius 3 is 2.95 bits per heavy atom. The molecule has 9 heteroatoms. The molecule has 0 unspecified atom stereocenters. The van der Waals surface area contributed by atoms with Gasteiger partial charge in [-0.2, -0.15) is 0 Å².